The summed E-state index contributed by atoms with van der Waals surface area (Å²) in [4.78, 5) is 35.3. The van der Waals surface area contributed by atoms with Gasteiger partial charge in [0.1, 0.15) is 19.8 Å². The van der Waals surface area contributed by atoms with E-state index in [9.17, 15) is 14.4 Å². The molecule has 0 rings (SSSR count). The molecule has 0 atom stereocenters. The summed E-state index contributed by atoms with van der Waals surface area (Å²) in [6, 6.07) is 0. The molecule has 6 heteroatoms. The van der Waals surface area contributed by atoms with Crippen LogP contribution < -0.4 is 0 Å². The van der Waals surface area contributed by atoms with Crippen LogP contribution in [0.2, 0.25) is 0 Å². The number of hydrogen-bond donors (Lipinski definition) is 0. The van der Waals surface area contributed by atoms with Crippen molar-refractivity contribution in [1.82, 2.24) is 0 Å². The fraction of sp³-hybridized carbons (Fsp3) is 0.833. The maximum Gasteiger partial charge on any atom is 0.308 e. The largest absolute Gasteiger partial charge is 0.465 e. The quantitative estimate of drug-likeness (QED) is 0.448. The highest BCUT2D eigenvalue weighted by atomic mass is 16.6. The molecule has 0 aromatic heterocycles. The lowest BCUT2D eigenvalue weighted by atomic mass is 9.87. The number of ether oxygens (including phenoxy) is 3. The Morgan fingerprint density at radius 3 is 1.08 bits per heavy atom. The predicted octanol–water partition coefficient (Wildman–Crippen LogP) is 2.98. The molecule has 0 amide bonds. The third kappa shape index (κ3) is 7.79. The van der Waals surface area contributed by atoms with E-state index in [0.717, 1.165) is 0 Å². The standard InChI is InChI=1S/C18H32O6/c1-8-18(9-22-15(19)12(2)3,10-23-16(20)13(4)5)11-24-17(21)14(6)7/h12-14H,8-11H2,1-7H3. The van der Waals surface area contributed by atoms with Crippen molar-refractivity contribution in [2.24, 2.45) is 23.2 Å². The van der Waals surface area contributed by atoms with E-state index in [1.165, 1.54) is 0 Å². The van der Waals surface area contributed by atoms with Crippen LogP contribution in [-0.4, -0.2) is 37.7 Å². The zero-order chi connectivity index (χ0) is 18.9. The fourth-order valence-corrected chi connectivity index (χ4v) is 1.60. The number of carbonyl (C=O) groups is 3. The first-order chi connectivity index (χ1) is 11.0. The zero-order valence-corrected chi connectivity index (χ0v) is 16.0. The summed E-state index contributed by atoms with van der Waals surface area (Å²) in [5.41, 5.74) is -0.736. The highest BCUT2D eigenvalue weighted by molar-refractivity contribution is 5.72. The van der Waals surface area contributed by atoms with E-state index >= 15 is 0 Å². The lowest BCUT2D eigenvalue weighted by Gasteiger charge is -2.31. The van der Waals surface area contributed by atoms with Crippen molar-refractivity contribution in [3.05, 3.63) is 0 Å². The monoisotopic (exact) mass is 344 g/mol. The molecule has 0 saturated carbocycles. The molecule has 0 heterocycles. The van der Waals surface area contributed by atoms with Gasteiger partial charge in [-0.25, -0.2) is 0 Å². The van der Waals surface area contributed by atoms with E-state index in [0.29, 0.717) is 6.42 Å². The van der Waals surface area contributed by atoms with Crippen LogP contribution in [0.4, 0.5) is 0 Å². The minimum atomic E-state index is -0.736. The van der Waals surface area contributed by atoms with Crippen molar-refractivity contribution in [2.45, 2.75) is 54.9 Å². The Bertz CT molecular complexity index is 365. The molecule has 24 heavy (non-hydrogen) atoms. The average molecular weight is 344 g/mol. The smallest absolute Gasteiger partial charge is 0.308 e. The Morgan fingerprint density at radius 1 is 0.667 bits per heavy atom. The maximum absolute atomic E-state index is 11.8. The van der Waals surface area contributed by atoms with Crippen molar-refractivity contribution in [3.63, 3.8) is 0 Å². The van der Waals surface area contributed by atoms with Gasteiger partial charge in [0.15, 0.2) is 0 Å². The second-order valence-electron chi connectivity index (χ2n) is 7.14. The first-order valence-corrected chi connectivity index (χ1v) is 8.54. The molecule has 140 valence electrons. The van der Waals surface area contributed by atoms with Crippen molar-refractivity contribution in [2.75, 3.05) is 19.8 Å². The van der Waals surface area contributed by atoms with Gasteiger partial charge in [-0.3, -0.25) is 14.4 Å². The first-order valence-electron chi connectivity index (χ1n) is 8.54. The Labute approximate surface area is 145 Å². The first kappa shape index (κ1) is 22.4. The topological polar surface area (TPSA) is 78.9 Å². The summed E-state index contributed by atoms with van der Waals surface area (Å²) in [6.45, 7) is 12.5. The van der Waals surface area contributed by atoms with E-state index in [-0.39, 0.29) is 55.5 Å². The molecule has 0 spiro atoms. The van der Waals surface area contributed by atoms with E-state index in [1.54, 1.807) is 41.5 Å². The molecule has 0 fully saturated rings. The molecule has 0 aliphatic rings. The molecular weight excluding hydrogens is 312 g/mol. The van der Waals surface area contributed by atoms with Crippen molar-refractivity contribution < 1.29 is 28.6 Å². The lowest BCUT2D eigenvalue weighted by Crippen LogP contribution is -2.40. The summed E-state index contributed by atoms with van der Waals surface area (Å²) >= 11 is 0. The van der Waals surface area contributed by atoms with Crippen LogP contribution in [0.3, 0.4) is 0 Å². The van der Waals surface area contributed by atoms with Crippen LogP contribution in [0.5, 0.6) is 0 Å². The Morgan fingerprint density at radius 2 is 0.917 bits per heavy atom. The van der Waals surface area contributed by atoms with E-state index < -0.39 is 5.41 Å². The summed E-state index contributed by atoms with van der Waals surface area (Å²) < 4.78 is 16.0. The number of hydrogen-bond acceptors (Lipinski definition) is 6. The third-order valence-electron chi connectivity index (χ3n) is 3.73. The van der Waals surface area contributed by atoms with Crippen LogP contribution in [0.1, 0.15) is 54.9 Å². The fourth-order valence-electron chi connectivity index (χ4n) is 1.60. The molecule has 0 aromatic carbocycles. The summed E-state index contributed by atoms with van der Waals surface area (Å²) in [5, 5.41) is 0. The average Bonchev–Trinajstić information content (AvgIpc) is 2.53. The molecular formula is C18H32O6. The molecule has 0 unspecified atom stereocenters. The molecule has 6 nitrogen and oxygen atoms in total. The Hall–Kier alpha value is -1.59. The summed E-state index contributed by atoms with van der Waals surface area (Å²) in [5.74, 6) is -1.77. The van der Waals surface area contributed by atoms with E-state index in [1.807, 2.05) is 6.92 Å². The maximum atomic E-state index is 11.8. The van der Waals surface area contributed by atoms with E-state index in [2.05, 4.69) is 0 Å². The van der Waals surface area contributed by atoms with Crippen molar-refractivity contribution in [3.8, 4) is 0 Å². The molecule has 0 aromatic rings. The second kappa shape index (κ2) is 10.3. The van der Waals surface area contributed by atoms with Crippen LogP contribution in [0.25, 0.3) is 0 Å². The van der Waals surface area contributed by atoms with Crippen molar-refractivity contribution in [1.29, 1.82) is 0 Å². The minimum absolute atomic E-state index is 0.0390. The molecule has 0 radical (unpaired) electrons. The van der Waals surface area contributed by atoms with Gasteiger partial charge in [-0.1, -0.05) is 48.5 Å². The van der Waals surface area contributed by atoms with Gasteiger partial charge in [-0.15, -0.1) is 0 Å². The summed E-state index contributed by atoms with van der Waals surface area (Å²) in [7, 11) is 0. The lowest BCUT2D eigenvalue weighted by molar-refractivity contribution is -0.166. The van der Waals surface area contributed by atoms with Crippen molar-refractivity contribution >= 4 is 17.9 Å². The van der Waals surface area contributed by atoms with Crippen LogP contribution in [0.15, 0.2) is 0 Å². The third-order valence-corrected chi connectivity index (χ3v) is 3.73. The highest BCUT2D eigenvalue weighted by Crippen LogP contribution is 2.25. The normalized spacial score (nSPS) is 11.8. The van der Waals surface area contributed by atoms with Gasteiger partial charge in [0.05, 0.1) is 23.2 Å². The van der Waals surface area contributed by atoms with Gasteiger partial charge < -0.3 is 14.2 Å². The SMILES string of the molecule is CCC(COC(=O)C(C)C)(COC(=O)C(C)C)COC(=O)C(C)C. The van der Waals surface area contributed by atoms with Gasteiger partial charge in [0.25, 0.3) is 0 Å². The van der Waals surface area contributed by atoms with Gasteiger partial charge in [0.2, 0.25) is 0 Å². The molecule has 0 aliphatic heterocycles. The van der Waals surface area contributed by atoms with Gasteiger partial charge >= 0.3 is 17.9 Å². The number of esters is 3. The zero-order valence-electron chi connectivity index (χ0n) is 16.0. The Kier molecular flexibility index (Phi) is 9.63. The second-order valence-corrected chi connectivity index (χ2v) is 7.14. The van der Waals surface area contributed by atoms with Crippen LogP contribution in [0, 0.1) is 23.2 Å². The number of carbonyl (C=O) groups excluding carboxylic acids is 3. The molecule has 0 saturated heterocycles. The van der Waals surface area contributed by atoms with E-state index in [4.69, 9.17) is 14.2 Å². The molecule has 0 aliphatic carbocycles. The van der Waals surface area contributed by atoms with Crippen LogP contribution >= 0.6 is 0 Å². The summed E-state index contributed by atoms with van der Waals surface area (Å²) in [6.07, 6.45) is 0.537. The molecule has 0 N–H and O–H groups in total. The van der Waals surface area contributed by atoms with Crippen LogP contribution in [-0.2, 0) is 28.6 Å². The minimum Gasteiger partial charge on any atom is -0.465 e. The number of rotatable bonds is 10. The Balaban J connectivity index is 5.01. The van der Waals surface area contributed by atoms with Gasteiger partial charge in [-0.05, 0) is 6.42 Å². The van der Waals surface area contributed by atoms with Gasteiger partial charge in [0, 0.05) is 0 Å². The molecule has 0 bridgehead atoms. The predicted molar refractivity (Wildman–Crippen MR) is 90.1 cm³/mol. The highest BCUT2D eigenvalue weighted by Gasteiger charge is 2.35. The van der Waals surface area contributed by atoms with Gasteiger partial charge in [-0.2, -0.15) is 0 Å².